The fraction of sp³-hybridized carbons (Fsp3) is 0.167. The number of H-pyrrole nitrogens is 1. The van der Waals surface area contributed by atoms with E-state index in [0.29, 0.717) is 5.56 Å². The second-order valence-electron chi connectivity index (χ2n) is 3.87. The van der Waals surface area contributed by atoms with Crippen LogP contribution >= 0.6 is 0 Å². The minimum absolute atomic E-state index is 0.133. The molecule has 0 saturated carbocycles. The van der Waals surface area contributed by atoms with Crippen LogP contribution in [0.5, 0.6) is 0 Å². The fourth-order valence-electron chi connectivity index (χ4n) is 1.69. The first-order chi connectivity index (χ1) is 8.89. The summed E-state index contributed by atoms with van der Waals surface area (Å²) >= 11 is 0. The van der Waals surface area contributed by atoms with Crippen LogP contribution < -0.4 is 5.32 Å². The number of rotatable bonds is 2. The number of nitrogens with one attached hydrogen (secondary N) is 2. The molecule has 4 nitrogen and oxygen atoms in total. The zero-order valence-electron chi connectivity index (χ0n) is 9.88. The summed E-state index contributed by atoms with van der Waals surface area (Å²) in [6.45, 7) is 1.21. The molecule has 1 aromatic carbocycles. The maximum atomic E-state index is 12.9. The van der Waals surface area contributed by atoms with Crippen LogP contribution in [0.1, 0.15) is 12.6 Å². The number of aromatic nitrogens is 2. The molecule has 2 N–H and O–H groups in total. The Bertz CT molecular complexity index is 590. The maximum absolute atomic E-state index is 12.9. The molecule has 0 aliphatic heterocycles. The van der Waals surface area contributed by atoms with Gasteiger partial charge in [-0.2, -0.15) is 18.3 Å². The van der Waals surface area contributed by atoms with Gasteiger partial charge in [0.25, 0.3) is 0 Å². The first-order valence-electron chi connectivity index (χ1n) is 5.38. The number of halogens is 3. The van der Waals surface area contributed by atoms with Crippen LogP contribution in [0.2, 0.25) is 0 Å². The molecule has 2 aromatic rings. The van der Waals surface area contributed by atoms with Crippen LogP contribution in [0, 0.1) is 0 Å². The van der Waals surface area contributed by atoms with Crippen molar-refractivity contribution < 1.29 is 18.0 Å². The minimum Gasteiger partial charge on any atom is -0.309 e. The van der Waals surface area contributed by atoms with Crippen LogP contribution in [0.15, 0.2) is 30.3 Å². The van der Waals surface area contributed by atoms with E-state index in [0.717, 1.165) is 0 Å². The van der Waals surface area contributed by atoms with Crippen LogP contribution in [-0.4, -0.2) is 16.1 Å². The average Bonchev–Trinajstić information content (AvgIpc) is 2.72. The number of carbonyl (C=O) groups excluding carboxylic acids is 1. The van der Waals surface area contributed by atoms with Gasteiger partial charge in [-0.25, -0.2) is 0 Å². The molecule has 0 fully saturated rings. The monoisotopic (exact) mass is 269 g/mol. The van der Waals surface area contributed by atoms with Gasteiger partial charge in [0.05, 0.1) is 5.56 Å². The molecular formula is C12H10F3N3O. The minimum atomic E-state index is -4.57. The van der Waals surface area contributed by atoms with Gasteiger partial charge < -0.3 is 5.32 Å². The largest absolute Gasteiger partial charge is 0.433 e. The quantitative estimate of drug-likeness (QED) is 0.880. The Morgan fingerprint density at radius 1 is 1.26 bits per heavy atom. The highest BCUT2D eigenvalue weighted by atomic mass is 19.4. The molecule has 7 heteroatoms. The van der Waals surface area contributed by atoms with Gasteiger partial charge in [0.1, 0.15) is 5.69 Å². The lowest BCUT2D eigenvalue weighted by Gasteiger charge is -2.08. The molecule has 1 heterocycles. The lowest BCUT2D eigenvalue weighted by Crippen LogP contribution is -2.09. The summed E-state index contributed by atoms with van der Waals surface area (Å²) in [5, 5.41) is 7.73. The predicted octanol–water partition coefficient (Wildman–Crippen LogP) is 3.05. The standard InChI is InChI=1S/C12H10F3N3O/c1-7(19)16-11-9(8-5-3-2-4-6-8)10(17-18-11)12(13,14)15/h2-6H,1H3,(H2,16,17,18,19). The molecule has 0 bridgehead atoms. The molecular weight excluding hydrogens is 259 g/mol. The van der Waals surface area contributed by atoms with E-state index in [1.807, 2.05) is 5.10 Å². The van der Waals surface area contributed by atoms with Gasteiger partial charge in [-0.15, -0.1) is 0 Å². The van der Waals surface area contributed by atoms with E-state index < -0.39 is 17.8 Å². The number of carbonyl (C=O) groups is 1. The Morgan fingerprint density at radius 3 is 2.42 bits per heavy atom. The summed E-state index contributed by atoms with van der Waals surface area (Å²) in [6.07, 6.45) is -4.57. The van der Waals surface area contributed by atoms with E-state index >= 15 is 0 Å². The fourth-order valence-corrected chi connectivity index (χ4v) is 1.69. The smallest absolute Gasteiger partial charge is 0.309 e. The van der Waals surface area contributed by atoms with E-state index in [1.165, 1.54) is 19.1 Å². The molecule has 0 saturated heterocycles. The van der Waals surface area contributed by atoms with Gasteiger partial charge in [-0.05, 0) is 5.56 Å². The van der Waals surface area contributed by atoms with Crippen LogP contribution in [0.25, 0.3) is 11.1 Å². The number of nitrogens with zero attached hydrogens (tertiary/aromatic N) is 1. The SMILES string of the molecule is CC(=O)Nc1n[nH]c(C(F)(F)F)c1-c1ccccc1. The lowest BCUT2D eigenvalue weighted by molar-refractivity contribution is -0.140. The third-order valence-electron chi connectivity index (χ3n) is 2.41. The number of amides is 1. The Balaban J connectivity index is 2.60. The third-order valence-corrected chi connectivity index (χ3v) is 2.41. The highest BCUT2D eigenvalue weighted by molar-refractivity contribution is 5.93. The molecule has 0 aliphatic carbocycles. The number of hydrogen-bond acceptors (Lipinski definition) is 2. The third kappa shape index (κ3) is 2.75. The van der Waals surface area contributed by atoms with Crippen LogP contribution in [0.3, 0.4) is 0 Å². The van der Waals surface area contributed by atoms with Gasteiger partial charge in [0, 0.05) is 6.92 Å². The predicted molar refractivity (Wildman–Crippen MR) is 63.3 cm³/mol. The number of alkyl halides is 3. The summed E-state index contributed by atoms with van der Waals surface area (Å²) < 4.78 is 38.7. The number of aromatic amines is 1. The molecule has 2 rings (SSSR count). The highest BCUT2D eigenvalue weighted by Crippen LogP contribution is 2.39. The van der Waals surface area contributed by atoms with Crippen molar-refractivity contribution in [3.05, 3.63) is 36.0 Å². The molecule has 0 unspecified atom stereocenters. The van der Waals surface area contributed by atoms with Crippen molar-refractivity contribution in [2.45, 2.75) is 13.1 Å². The molecule has 1 amide bonds. The number of hydrogen-bond donors (Lipinski definition) is 2. The molecule has 0 atom stereocenters. The van der Waals surface area contributed by atoms with Gasteiger partial charge >= 0.3 is 6.18 Å². The normalized spacial score (nSPS) is 11.4. The van der Waals surface area contributed by atoms with Gasteiger partial charge in [-0.3, -0.25) is 9.89 Å². The number of benzene rings is 1. The lowest BCUT2D eigenvalue weighted by atomic mass is 10.1. The van der Waals surface area contributed by atoms with Crippen molar-refractivity contribution in [2.24, 2.45) is 0 Å². The van der Waals surface area contributed by atoms with Crippen molar-refractivity contribution >= 4 is 11.7 Å². The Labute approximate surface area is 106 Å². The van der Waals surface area contributed by atoms with Crippen molar-refractivity contribution in [2.75, 3.05) is 5.32 Å². The average molecular weight is 269 g/mol. The first-order valence-corrected chi connectivity index (χ1v) is 5.38. The second kappa shape index (κ2) is 4.75. The molecule has 19 heavy (non-hydrogen) atoms. The summed E-state index contributed by atoms with van der Waals surface area (Å²) in [6, 6.07) is 7.95. The second-order valence-corrected chi connectivity index (χ2v) is 3.87. The highest BCUT2D eigenvalue weighted by Gasteiger charge is 2.37. The summed E-state index contributed by atoms with van der Waals surface area (Å²) in [5.41, 5.74) is -0.821. The Kier molecular flexibility index (Phi) is 3.28. The molecule has 100 valence electrons. The van der Waals surface area contributed by atoms with E-state index in [2.05, 4.69) is 10.4 Å². The zero-order valence-corrected chi connectivity index (χ0v) is 9.88. The Hall–Kier alpha value is -2.31. The van der Waals surface area contributed by atoms with E-state index in [9.17, 15) is 18.0 Å². The molecule has 1 aromatic heterocycles. The van der Waals surface area contributed by atoms with Gasteiger partial charge in [0.2, 0.25) is 5.91 Å². The van der Waals surface area contributed by atoms with Crippen molar-refractivity contribution in [3.8, 4) is 11.1 Å². The van der Waals surface area contributed by atoms with Crippen LogP contribution in [-0.2, 0) is 11.0 Å². The Morgan fingerprint density at radius 2 is 1.89 bits per heavy atom. The molecule has 0 aliphatic rings. The van der Waals surface area contributed by atoms with E-state index in [4.69, 9.17) is 0 Å². The number of anilines is 1. The van der Waals surface area contributed by atoms with Crippen molar-refractivity contribution in [1.82, 2.24) is 10.2 Å². The van der Waals surface area contributed by atoms with Crippen molar-refractivity contribution in [1.29, 1.82) is 0 Å². The summed E-state index contributed by atoms with van der Waals surface area (Å²) in [4.78, 5) is 11.0. The first kappa shape index (κ1) is 13.1. The zero-order chi connectivity index (χ0) is 14.0. The van der Waals surface area contributed by atoms with E-state index in [-0.39, 0.29) is 11.4 Å². The summed E-state index contributed by atoms with van der Waals surface area (Å²) in [5.74, 6) is -0.622. The maximum Gasteiger partial charge on any atom is 0.433 e. The van der Waals surface area contributed by atoms with Gasteiger partial charge in [-0.1, -0.05) is 30.3 Å². The summed E-state index contributed by atoms with van der Waals surface area (Å²) in [7, 11) is 0. The van der Waals surface area contributed by atoms with E-state index in [1.54, 1.807) is 18.2 Å². The topological polar surface area (TPSA) is 57.8 Å². The van der Waals surface area contributed by atoms with Crippen LogP contribution in [0.4, 0.5) is 19.0 Å². The van der Waals surface area contributed by atoms with Gasteiger partial charge in [0.15, 0.2) is 5.82 Å². The molecule has 0 spiro atoms. The van der Waals surface area contributed by atoms with Crippen molar-refractivity contribution in [3.63, 3.8) is 0 Å². The molecule has 0 radical (unpaired) electrons.